The van der Waals surface area contributed by atoms with Gasteiger partial charge in [0.2, 0.25) is 0 Å². The van der Waals surface area contributed by atoms with Crippen molar-refractivity contribution >= 4 is 29.9 Å². The van der Waals surface area contributed by atoms with Crippen molar-refractivity contribution in [3.8, 4) is 5.75 Å². The van der Waals surface area contributed by atoms with E-state index in [9.17, 15) is 0 Å². The van der Waals surface area contributed by atoms with Crippen molar-refractivity contribution in [3.63, 3.8) is 0 Å². The monoisotopic (exact) mass is 505 g/mol. The lowest BCUT2D eigenvalue weighted by Gasteiger charge is -2.13. The van der Waals surface area contributed by atoms with E-state index in [1.807, 2.05) is 18.2 Å². The fourth-order valence-corrected chi connectivity index (χ4v) is 2.87. The van der Waals surface area contributed by atoms with Crippen molar-refractivity contribution in [2.45, 2.75) is 45.6 Å². The first-order valence-corrected chi connectivity index (χ1v) is 10.2. The van der Waals surface area contributed by atoms with Gasteiger partial charge < -0.3 is 24.8 Å². The number of benzene rings is 1. The third-order valence-corrected chi connectivity index (χ3v) is 4.35. The third-order valence-electron chi connectivity index (χ3n) is 4.35. The lowest BCUT2D eigenvalue weighted by Crippen LogP contribution is -2.38. The lowest BCUT2D eigenvalue weighted by molar-refractivity contribution is 0.0168. The molecule has 0 amide bonds. The summed E-state index contributed by atoms with van der Waals surface area (Å²) in [5.74, 6) is 1.81. The SMILES string of the molecule is CCNC(=NCCCOc1ccccc1C)NCCCOCC1CCCO1.I. The van der Waals surface area contributed by atoms with E-state index in [1.54, 1.807) is 0 Å². The Morgan fingerprint density at radius 2 is 2.07 bits per heavy atom. The molecule has 2 N–H and O–H groups in total. The fraction of sp³-hybridized carbons (Fsp3) is 0.667. The summed E-state index contributed by atoms with van der Waals surface area (Å²) in [7, 11) is 0. The van der Waals surface area contributed by atoms with Gasteiger partial charge in [-0.3, -0.25) is 4.99 Å². The highest BCUT2D eigenvalue weighted by Gasteiger charge is 2.14. The predicted octanol–water partition coefficient (Wildman–Crippen LogP) is 3.52. The molecular formula is C21H36IN3O3. The van der Waals surface area contributed by atoms with Crippen molar-refractivity contribution < 1.29 is 14.2 Å². The Hall–Kier alpha value is -1.06. The molecule has 1 fully saturated rings. The number of nitrogens with zero attached hydrogens (tertiary/aromatic N) is 1. The van der Waals surface area contributed by atoms with E-state index < -0.39 is 0 Å². The van der Waals surface area contributed by atoms with Crippen molar-refractivity contribution in [2.24, 2.45) is 4.99 Å². The molecule has 1 heterocycles. The molecule has 1 aromatic carbocycles. The Labute approximate surface area is 186 Å². The number of aliphatic imine (C=N–C) groups is 1. The number of nitrogens with one attached hydrogen (secondary N) is 2. The van der Waals surface area contributed by atoms with Crippen LogP contribution in [0.25, 0.3) is 0 Å². The van der Waals surface area contributed by atoms with E-state index in [2.05, 4.69) is 35.5 Å². The van der Waals surface area contributed by atoms with Gasteiger partial charge in [0, 0.05) is 39.3 Å². The highest BCUT2D eigenvalue weighted by molar-refractivity contribution is 14.0. The van der Waals surface area contributed by atoms with Crippen molar-refractivity contribution in [1.82, 2.24) is 10.6 Å². The van der Waals surface area contributed by atoms with Crippen molar-refractivity contribution in [1.29, 1.82) is 0 Å². The summed E-state index contributed by atoms with van der Waals surface area (Å²) < 4.78 is 17.0. The van der Waals surface area contributed by atoms with Crippen LogP contribution in [-0.2, 0) is 9.47 Å². The molecule has 1 unspecified atom stereocenters. The summed E-state index contributed by atoms with van der Waals surface area (Å²) in [6.45, 7) is 9.58. The molecule has 0 spiro atoms. The van der Waals surface area contributed by atoms with Gasteiger partial charge in [-0.25, -0.2) is 0 Å². The summed E-state index contributed by atoms with van der Waals surface area (Å²) in [6.07, 6.45) is 4.43. The Morgan fingerprint density at radius 1 is 1.21 bits per heavy atom. The number of hydrogen-bond acceptors (Lipinski definition) is 4. The first-order valence-electron chi connectivity index (χ1n) is 10.2. The largest absolute Gasteiger partial charge is 0.493 e. The predicted molar refractivity (Wildman–Crippen MR) is 125 cm³/mol. The van der Waals surface area contributed by atoms with Gasteiger partial charge >= 0.3 is 0 Å². The second-order valence-electron chi connectivity index (χ2n) is 6.72. The van der Waals surface area contributed by atoms with E-state index in [-0.39, 0.29) is 24.0 Å². The van der Waals surface area contributed by atoms with Crippen LogP contribution in [0.3, 0.4) is 0 Å². The topological polar surface area (TPSA) is 64.1 Å². The molecule has 0 bridgehead atoms. The number of aryl methyl sites for hydroxylation is 1. The number of para-hydroxylation sites is 1. The van der Waals surface area contributed by atoms with Gasteiger partial charge in [0.25, 0.3) is 0 Å². The minimum absolute atomic E-state index is 0. The Morgan fingerprint density at radius 3 is 2.82 bits per heavy atom. The van der Waals surface area contributed by atoms with Crippen molar-refractivity contribution in [3.05, 3.63) is 29.8 Å². The maximum atomic E-state index is 5.81. The maximum Gasteiger partial charge on any atom is 0.191 e. The molecule has 28 heavy (non-hydrogen) atoms. The standard InChI is InChI=1S/C21H35N3O3.HI/c1-3-22-21(23-12-7-14-25-17-19-10-6-15-26-19)24-13-8-16-27-20-11-5-4-9-18(20)2;/h4-5,9,11,19H,3,6-8,10,12-17H2,1-2H3,(H2,22,23,24);1H. The van der Waals surface area contributed by atoms with Crippen LogP contribution in [0.4, 0.5) is 0 Å². The normalized spacial score (nSPS) is 16.5. The van der Waals surface area contributed by atoms with Crippen molar-refractivity contribution in [2.75, 3.05) is 46.1 Å². The molecule has 7 heteroatoms. The summed E-state index contributed by atoms with van der Waals surface area (Å²) in [5.41, 5.74) is 1.16. The van der Waals surface area contributed by atoms with Crippen LogP contribution < -0.4 is 15.4 Å². The number of hydrogen-bond donors (Lipinski definition) is 2. The van der Waals surface area contributed by atoms with E-state index in [4.69, 9.17) is 14.2 Å². The average Bonchev–Trinajstić information content (AvgIpc) is 3.19. The van der Waals surface area contributed by atoms with E-state index >= 15 is 0 Å². The minimum Gasteiger partial charge on any atom is -0.493 e. The smallest absolute Gasteiger partial charge is 0.191 e. The third kappa shape index (κ3) is 10.5. The van der Waals surface area contributed by atoms with Crippen LogP contribution in [0.1, 0.15) is 38.2 Å². The van der Waals surface area contributed by atoms with E-state index in [1.165, 1.54) is 0 Å². The number of rotatable bonds is 12. The van der Waals surface area contributed by atoms with Gasteiger partial charge in [-0.1, -0.05) is 18.2 Å². The molecule has 0 radical (unpaired) electrons. The molecule has 0 aromatic heterocycles. The molecule has 0 saturated carbocycles. The van der Waals surface area contributed by atoms with Gasteiger partial charge in [-0.05, 0) is 44.7 Å². The van der Waals surface area contributed by atoms with Crippen LogP contribution in [0, 0.1) is 6.92 Å². The molecule has 6 nitrogen and oxygen atoms in total. The number of halogens is 1. The Bertz CT molecular complexity index is 551. The summed E-state index contributed by atoms with van der Waals surface area (Å²) in [4.78, 5) is 4.60. The zero-order chi connectivity index (χ0) is 19.2. The lowest BCUT2D eigenvalue weighted by atomic mass is 10.2. The molecule has 1 atom stereocenters. The van der Waals surface area contributed by atoms with Crippen LogP contribution in [0.5, 0.6) is 5.75 Å². The number of guanidine groups is 1. The van der Waals surface area contributed by atoms with Crippen LogP contribution in [0.15, 0.2) is 29.3 Å². The molecule has 2 rings (SSSR count). The Kier molecular flexibility index (Phi) is 14.1. The van der Waals surface area contributed by atoms with E-state index in [0.717, 1.165) is 82.4 Å². The fourth-order valence-electron chi connectivity index (χ4n) is 2.87. The van der Waals surface area contributed by atoms with Crippen LogP contribution >= 0.6 is 24.0 Å². The molecule has 160 valence electrons. The quantitative estimate of drug-likeness (QED) is 0.197. The van der Waals surface area contributed by atoms with Gasteiger partial charge in [0.1, 0.15) is 5.75 Å². The van der Waals surface area contributed by atoms with Gasteiger partial charge in [0.15, 0.2) is 5.96 Å². The minimum atomic E-state index is 0. The highest BCUT2D eigenvalue weighted by atomic mass is 127. The molecule has 1 aromatic rings. The average molecular weight is 505 g/mol. The molecular weight excluding hydrogens is 469 g/mol. The second-order valence-corrected chi connectivity index (χ2v) is 6.72. The molecule has 0 aliphatic carbocycles. The first-order chi connectivity index (χ1) is 13.3. The highest BCUT2D eigenvalue weighted by Crippen LogP contribution is 2.16. The van der Waals surface area contributed by atoms with Gasteiger partial charge in [0.05, 0.1) is 19.3 Å². The zero-order valence-corrected chi connectivity index (χ0v) is 19.6. The van der Waals surface area contributed by atoms with Crippen LogP contribution in [-0.4, -0.2) is 58.1 Å². The summed E-state index contributed by atoms with van der Waals surface area (Å²) >= 11 is 0. The van der Waals surface area contributed by atoms with E-state index in [0.29, 0.717) is 12.7 Å². The molecule has 1 saturated heterocycles. The number of ether oxygens (including phenoxy) is 3. The summed E-state index contributed by atoms with van der Waals surface area (Å²) in [6, 6.07) is 8.09. The van der Waals surface area contributed by atoms with Gasteiger partial charge in [-0.15, -0.1) is 24.0 Å². The second kappa shape index (κ2) is 15.8. The molecule has 1 aliphatic heterocycles. The zero-order valence-electron chi connectivity index (χ0n) is 17.2. The molecule has 1 aliphatic rings. The first kappa shape index (κ1) is 25.0. The Balaban J connectivity index is 0.00000392. The van der Waals surface area contributed by atoms with Gasteiger partial charge in [-0.2, -0.15) is 0 Å². The summed E-state index contributed by atoms with van der Waals surface area (Å²) in [5, 5.41) is 6.63. The maximum absolute atomic E-state index is 5.81. The van der Waals surface area contributed by atoms with Crippen LogP contribution in [0.2, 0.25) is 0 Å².